The van der Waals surface area contributed by atoms with E-state index in [1.54, 1.807) is 29.2 Å². The third-order valence-corrected chi connectivity index (χ3v) is 3.30. The SMILES string of the molecule is CCC1C=C(C)C=C(C(=O)O)N1c1cccc(C#N)c1. The molecule has 0 saturated carbocycles. The van der Waals surface area contributed by atoms with Crippen LogP contribution in [0.25, 0.3) is 0 Å². The highest BCUT2D eigenvalue weighted by Crippen LogP contribution is 2.29. The minimum atomic E-state index is -0.960. The molecule has 1 aliphatic heterocycles. The summed E-state index contributed by atoms with van der Waals surface area (Å²) >= 11 is 0. The van der Waals surface area contributed by atoms with Gasteiger partial charge in [0.2, 0.25) is 0 Å². The van der Waals surface area contributed by atoms with Crippen LogP contribution < -0.4 is 4.90 Å². The Morgan fingerprint density at radius 1 is 1.50 bits per heavy atom. The summed E-state index contributed by atoms with van der Waals surface area (Å²) in [5, 5.41) is 18.4. The van der Waals surface area contributed by atoms with Crippen LogP contribution in [0.1, 0.15) is 25.8 Å². The van der Waals surface area contributed by atoms with Gasteiger partial charge in [0.15, 0.2) is 0 Å². The third kappa shape index (κ3) is 2.57. The topological polar surface area (TPSA) is 64.3 Å². The Hall–Kier alpha value is -2.54. The van der Waals surface area contributed by atoms with E-state index in [4.69, 9.17) is 5.26 Å². The van der Waals surface area contributed by atoms with Crippen molar-refractivity contribution >= 4 is 11.7 Å². The molecule has 1 N–H and O–H groups in total. The van der Waals surface area contributed by atoms with E-state index in [1.165, 1.54) is 0 Å². The second-order valence-electron chi connectivity index (χ2n) is 4.75. The van der Waals surface area contributed by atoms with Gasteiger partial charge in [-0.05, 0) is 37.6 Å². The number of hydrogen-bond donors (Lipinski definition) is 1. The first-order chi connectivity index (χ1) is 9.56. The minimum absolute atomic E-state index is 0.0138. The van der Waals surface area contributed by atoms with Crippen LogP contribution in [0.4, 0.5) is 5.69 Å². The molecule has 1 heterocycles. The molecule has 0 fully saturated rings. The van der Waals surface area contributed by atoms with E-state index in [0.29, 0.717) is 5.56 Å². The Labute approximate surface area is 118 Å². The maximum Gasteiger partial charge on any atom is 0.352 e. The molecule has 1 aliphatic rings. The number of rotatable bonds is 3. The Morgan fingerprint density at radius 2 is 2.25 bits per heavy atom. The Kier molecular flexibility index (Phi) is 3.90. The molecule has 0 saturated heterocycles. The molecule has 102 valence electrons. The van der Waals surface area contributed by atoms with Crippen molar-refractivity contribution in [2.45, 2.75) is 26.3 Å². The van der Waals surface area contributed by atoms with Gasteiger partial charge in [0.25, 0.3) is 0 Å². The predicted molar refractivity (Wildman–Crippen MR) is 77.2 cm³/mol. The van der Waals surface area contributed by atoms with Gasteiger partial charge < -0.3 is 10.0 Å². The van der Waals surface area contributed by atoms with Gasteiger partial charge in [-0.3, -0.25) is 0 Å². The summed E-state index contributed by atoms with van der Waals surface area (Å²) in [6.07, 6.45) is 4.50. The highest BCUT2D eigenvalue weighted by Gasteiger charge is 2.27. The molecule has 4 heteroatoms. The summed E-state index contributed by atoms with van der Waals surface area (Å²) in [5.41, 5.74) is 2.44. The largest absolute Gasteiger partial charge is 0.477 e. The predicted octanol–water partition coefficient (Wildman–Crippen LogP) is 3.07. The van der Waals surface area contributed by atoms with Crippen molar-refractivity contribution in [3.8, 4) is 6.07 Å². The van der Waals surface area contributed by atoms with Crippen LogP contribution in [0.15, 0.2) is 47.7 Å². The molecule has 0 bridgehead atoms. The monoisotopic (exact) mass is 268 g/mol. The zero-order chi connectivity index (χ0) is 14.7. The zero-order valence-electron chi connectivity index (χ0n) is 11.5. The fourth-order valence-corrected chi connectivity index (χ4v) is 2.41. The molecule has 0 radical (unpaired) electrons. The fraction of sp³-hybridized carbons (Fsp3) is 0.250. The van der Waals surface area contributed by atoms with Gasteiger partial charge in [-0.15, -0.1) is 0 Å². The smallest absolute Gasteiger partial charge is 0.352 e. The molecule has 0 amide bonds. The average Bonchev–Trinajstić information content (AvgIpc) is 2.46. The lowest BCUT2D eigenvalue weighted by atomic mass is 10.0. The van der Waals surface area contributed by atoms with E-state index < -0.39 is 5.97 Å². The Bertz CT molecular complexity index is 638. The second kappa shape index (κ2) is 5.62. The van der Waals surface area contributed by atoms with E-state index in [-0.39, 0.29) is 11.7 Å². The molecule has 0 aliphatic carbocycles. The van der Waals surface area contributed by atoms with E-state index >= 15 is 0 Å². The lowest BCUT2D eigenvalue weighted by Gasteiger charge is -2.34. The minimum Gasteiger partial charge on any atom is -0.477 e. The van der Waals surface area contributed by atoms with E-state index in [9.17, 15) is 9.90 Å². The van der Waals surface area contributed by atoms with Crippen LogP contribution in [-0.4, -0.2) is 17.1 Å². The summed E-state index contributed by atoms with van der Waals surface area (Å²) < 4.78 is 0. The van der Waals surface area contributed by atoms with Crippen molar-refractivity contribution in [3.05, 3.63) is 53.3 Å². The molecule has 1 atom stereocenters. The van der Waals surface area contributed by atoms with E-state index in [2.05, 4.69) is 6.07 Å². The lowest BCUT2D eigenvalue weighted by molar-refractivity contribution is -0.132. The van der Waals surface area contributed by atoms with Crippen molar-refractivity contribution in [1.82, 2.24) is 0 Å². The number of aliphatic carboxylic acids is 1. The number of benzene rings is 1. The molecular weight excluding hydrogens is 252 g/mol. The molecule has 1 unspecified atom stereocenters. The third-order valence-electron chi connectivity index (χ3n) is 3.30. The molecule has 0 aromatic heterocycles. The van der Waals surface area contributed by atoms with Crippen LogP contribution in [0.5, 0.6) is 0 Å². The molecule has 1 aromatic carbocycles. The quantitative estimate of drug-likeness (QED) is 0.915. The highest BCUT2D eigenvalue weighted by atomic mass is 16.4. The van der Waals surface area contributed by atoms with Crippen LogP contribution in [-0.2, 0) is 4.79 Å². The first-order valence-corrected chi connectivity index (χ1v) is 6.49. The standard InChI is InChI=1S/C16H16N2O2/c1-3-13-7-11(2)8-15(16(19)20)18(13)14-6-4-5-12(9-14)10-17/h4-9,13H,3H2,1-2H3,(H,19,20). The first-order valence-electron chi connectivity index (χ1n) is 6.49. The lowest BCUT2D eigenvalue weighted by Crippen LogP contribution is -2.38. The van der Waals surface area contributed by atoms with Gasteiger partial charge in [-0.25, -0.2) is 4.79 Å². The van der Waals surface area contributed by atoms with Gasteiger partial charge in [-0.1, -0.05) is 24.6 Å². The van der Waals surface area contributed by atoms with Crippen LogP contribution in [0, 0.1) is 11.3 Å². The number of nitriles is 1. The number of carboxylic acids is 1. The molecule has 20 heavy (non-hydrogen) atoms. The molecule has 1 aromatic rings. The van der Waals surface area contributed by atoms with Crippen molar-refractivity contribution in [2.24, 2.45) is 0 Å². The van der Waals surface area contributed by atoms with Gasteiger partial charge in [0.1, 0.15) is 5.70 Å². The summed E-state index contributed by atoms with van der Waals surface area (Å²) in [4.78, 5) is 13.3. The van der Waals surface area contributed by atoms with Crippen LogP contribution in [0.2, 0.25) is 0 Å². The van der Waals surface area contributed by atoms with Gasteiger partial charge in [0.05, 0.1) is 17.7 Å². The van der Waals surface area contributed by atoms with E-state index in [0.717, 1.165) is 17.7 Å². The van der Waals surface area contributed by atoms with Crippen LogP contribution in [0.3, 0.4) is 0 Å². The Balaban J connectivity index is 2.53. The number of carbonyl (C=O) groups is 1. The summed E-state index contributed by atoms with van der Waals surface area (Å²) in [6.45, 7) is 3.91. The number of allylic oxidation sites excluding steroid dienone is 2. The molecule has 0 spiro atoms. The van der Waals surface area contributed by atoms with Gasteiger partial charge in [-0.2, -0.15) is 5.26 Å². The van der Waals surface area contributed by atoms with Crippen LogP contribution >= 0.6 is 0 Å². The number of hydrogen-bond acceptors (Lipinski definition) is 3. The molecule has 4 nitrogen and oxygen atoms in total. The molecule has 2 rings (SSSR count). The maximum atomic E-state index is 11.5. The van der Waals surface area contributed by atoms with Gasteiger partial charge >= 0.3 is 5.97 Å². The summed E-state index contributed by atoms with van der Waals surface area (Å²) in [6, 6.07) is 9.09. The first kappa shape index (κ1) is 13.9. The second-order valence-corrected chi connectivity index (χ2v) is 4.75. The van der Waals surface area contributed by atoms with Crippen molar-refractivity contribution in [3.63, 3.8) is 0 Å². The maximum absolute atomic E-state index is 11.5. The molecular formula is C16H16N2O2. The average molecular weight is 268 g/mol. The highest BCUT2D eigenvalue weighted by molar-refractivity contribution is 5.93. The van der Waals surface area contributed by atoms with Crippen molar-refractivity contribution in [1.29, 1.82) is 5.26 Å². The number of nitrogens with zero attached hydrogens (tertiary/aromatic N) is 2. The number of carboxylic acid groups (broad SMARTS) is 1. The summed E-state index contributed by atoms with van der Waals surface area (Å²) in [5.74, 6) is -0.960. The summed E-state index contributed by atoms with van der Waals surface area (Å²) in [7, 11) is 0. The van der Waals surface area contributed by atoms with Crippen molar-refractivity contribution in [2.75, 3.05) is 4.90 Å². The fourth-order valence-electron chi connectivity index (χ4n) is 2.41. The van der Waals surface area contributed by atoms with Crippen molar-refractivity contribution < 1.29 is 9.90 Å². The zero-order valence-corrected chi connectivity index (χ0v) is 11.5. The normalized spacial score (nSPS) is 18.1. The number of anilines is 1. The van der Waals surface area contributed by atoms with E-state index in [1.807, 2.05) is 26.0 Å². The van der Waals surface area contributed by atoms with Gasteiger partial charge in [0, 0.05) is 5.69 Å². The Morgan fingerprint density at radius 3 is 2.85 bits per heavy atom.